The Kier molecular flexibility index (Phi) is 14.8. The number of rotatable bonds is 12. The van der Waals surface area contributed by atoms with Crippen LogP contribution in [-0.2, 0) is 42.7 Å². The average molecular weight is 749 g/mol. The summed E-state index contributed by atoms with van der Waals surface area (Å²) in [6, 6.07) is -2.90. The minimum absolute atomic E-state index is 0.651. The number of amides is 2. The van der Waals surface area contributed by atoms with Gasteiger partial charge in [-0.1, -0.05) is 0 Å². The molecule has 0 aliphatic carbocycles. The quantitative estimate of drug-likeness (QED) is 0.0881. The normalized spacial score (nSPS) is 47.8. The van der Waals surface area contributed by atoms with Gasteiger partial charge in [0.1, 0.15) is 97.5 Å². The molecule has 4 aliphatic heterocycles. The molecule has 0 bridgehead atoms. The molecule has 20 atom stereocenters. The number of nitrogens with one attached hydrogen (secondary N) is 2. The topological polar surface area (TPSA) is 366 Å². The number of hydrogen-bond acceptors (Lipinski definition) is 21. The SMILES string of the molecule is CC(=O)N[C@H]1[C@H](OC[C@H]2O[C@H](OC[C@H]3O[C@@H](O)[C@@H](O)[C@@H](O)[C@@H]3O)[C@@H](O[C@@H]3O[C@H](CO)[C@@H](O)[C@H](O)[C@H]3NC(C)=O)[C@@H](O)[C@@H]2O)O[C@H](CO)[C@@H](O)[C@@H]1O. The summed E-state index contributed by atoms with van der Waals surface area (Å²) in [5.41, 5.74) is 0. The molecule has 23 heteroatoms. The van der Waals surface area contributed by atoms with Crippen LogP contribution in [-0.4, -0.2) is 222 Å². The van der Waals surface area contributed by atoms with E-state index in [9.17, 15) is 70.9 Å². The maximum absolute atomic E-state index is 11.9. The first kappa shape index (κ1) is 41.9. The fraction of sp³-hybridized carbons (Fsp3) is 0.929. The van der Waals surface area contributed by atoms with E-state index in [1.54, 1.807) is 0 Å². The first-order valence-corrected chi connectivity index (χ1v) is 16.1. The van der Waals surface area contributed by atoms with Gasteiger partial charge in [-0.3, -0.25) is 9.59 Å². The Morgan fingerprint density at radius 3 is 1.43 bits per heavy atom. The smallest absolute Gasteiger partial charge is 0.217 e. The maximum Gasteiger partial charge on any atom is 0.217 e. The van der Waals surface area contributed by atoms with Crippen LogP contribution >= 0.6 is 0 Å². The Balaban J connectivity index is 1.57. The van der Waals surface area contributed by atoms with E-state index < -0.39 is 161 Å². The molecule has 4 saturated heterocycles. The summed E-state index contributed by atoms with van der Waals surface area (Å²) in [5, 5.41) is 129. The van der Waals surface area contributed by atoms with Crippen LogP contribution in [0, 0.1) is 0 Å². The van der Waals surface area contributed by atoms with Crippen LogP contribution in [0.2, 0.25) is 0 Å². The monoisotopic (exact) mass is 748 g/mol. The van der Waals surface area contributed by atoms with Gasteiger partial charge in [-0.15, -0.1) is 0 Å². The Hall–Kier alpha value is -1.82. The molecular weight excluding hydrogens is 700 g/mol. The van der Waals surface area contributed by atoms with Crippen LogP contribution in [0.5, 0.6) is 0 Å². The summed E-state index contributed by atoms with van der Waals surface area (Å²) in [7, 11) is 0. The van der Waals surface area contributed by atoms with E-state index in [1.807, 2.05) is 0 Å². The number of aliphatic hydroxyl groups excluding tert-OH is 12. The van der Waals surface area contributed by atoms with Crippen LogP contribution in [0.25, 0.3) is 0 Å². The summed E-state index contributed by atoms with van der Waals surface area (Å²) in [6.07, 6.45) is -31.1. The largest absolute Gasteiger partial charge is 0.394 e. The van der Waals surface area contributed by atoms with Crippen LogP contribution < -0.4 is 10.6 Å². The Morgan fingerprint density at radius 1 is 0.510 bits per heavy atom. The highest BCUT2D eigenvalue weighted by Crippen LogP contribution is 2.32. The lowest BCUT2D eigenvalue weighted by Gasteiger charge is -2.48. The number of hydrogen-bond donors (Lipinski definition) is 14. The predicted molar refractivity (Wildman–Crippen MR) is 157 cm³/mol. The van der Waals surface area contributed by atoms with Crippen molar-refractivity contribution >= 4 is 11.8 Å². The van der Waals surface area contributed by atoms with Crippen molar-refractivity contribution in [2.75, 3.05) is 26.4 Å². The van der Waals surface area contributed by atoms with Crippen LogP contribution in [0.1, 0.15) is 13.8 Å². The number of ether oxygens (including phenoxy) is 7. The highest BCUT2D eigenvalue weighted by molar-refractivity contribution is 5.73. The molecule has 2 amide bonds. The molecule has 4 rings (SSSR count). The number of carbonyl (C=O) groups excluding carboxylic acids is 2. The van der Waals surface area contributed by atoms with E-state index in [2.05, 4.69) is 10.6 Å². The van der Waals surface area contributed by atoms with E-state index in [0.717, 1.165) is 13.8 Å². The zero-order valence-corrected chi connectivity index (χ0v) is 27.4. The molecule has 0 aromatic heterocycles. The highest BCUT2D eigenvalue weighted by Gasteiger charge is 2.53. The van der Waals surface area contributed by atoms with Crippen LogP contribution in [0.15, 0.2) is 0 Å². The second-order valence-corrected chi connectivity index (χ2v) is 12.7. The van der Waals surface area contributed by atoms with E-state index in [1.165, 1.54) is 0 Å². The lowest BCUT2D eigenvalue weighted by atomic mass is 9.95. The summed E-state index contributed by atoms with van der Waals surface area (Å²) in [6.45, 7) is -0.816. The third kappa shape index (κ3) is 9.47. The third-order valence-corrected chi connectivity index (χ3v) is 8.97. The Labute approximate surface area is 289 Å². The molecule has 296 valence electrons. The van der Waals surface area contributed by atoms with E-state index in [0.29, 0.717) is 0 Å². The molecule has 0 spiro atoms. The lowest BCUT2D eigenvalue weighted by Crippen LogP contribution is -2.68. The average Bonchev–Trinajstić information content (AvgIpc) is 3.08. The van der Waals surface area contributed by atoms with Gasteiger partial charge in [0, 0.05) is 13.8 Å². The van der Waals surface area contributed by atoms with Crippen molar-refractivity contribution in [2.45, 2.75) is 137 Å². The number of aliphatic hydroxyl groups is 12. The second-order valence-electron chi connectivity index (χ2n) is 12.7. The summed E-state index contributed by atoms with van der Waals surface area (Å²) in [5.74, 6) is -1.36. The van der Waals surface area contributed by atoms with Gasteiger partial charge < -0.3 is 105 Å². The minimum Gasteiger partial charge on any atom is -0.394 e. The molecular formula is C28H48N2O21. The van der Waals surface area contributed by atoms with Crippen molar-refractivity contribution in [1.29, 1.82) is 0 Å². The lowest BCUT2D eigenvalue weighted by molar-refractivity contribution is -0.366. The fourth-order valence-electron chi connectivity index (χ4n) is 6.12. The van der Waals surface area contributed by atoms with Crippen LogP contribution in [0.4, 0.5) is 0 Å². The molecule has 4 fully saturated rings. The van der Waals surface area contributed by atoms with E-state index in [-0.39, 0.29) is 0 Å². The summed E-state index contributed by atoms with van der Waals surface area (Å²) < 4.78 is 39.3. The van der Waals surface area contributed by atoms with Gasteiger partial charge in [0.15, 0.2) is 25.2 Å². The molecule has 0 aromatic rings. The van der Waals surface area contributed by atoms with Gasteiger partial charge in [-0.25, -0.2) is 0 Å². The van der Waals surface area contributed by atoms with Crippen molar-refractivity contribution in [3.63, 3.8) is 0 Å². The van der Waals surface area contributed by atoms with E-state index >= 15 is 0 Å². The Morgan fingerprint density at radius 2 is 0.922 bits per heavy atom. The van der Waals surface area contributed by atoms with Crippen molar-refractivity contribution in [3.05, 3.63) is 0 Å². The van der Waals surface area contributed by atoms with Gasteiger partial charge in [-0.05, 0) is 0 Å². The summed E-state index contributed by atoms with van der Waals surface area (Å²) >= 11 is 0. The standard InChI is InChI=1S/C28H48N2O21/c1-7(33)29-13-19(39)15(35)9(3-31)48-26(13)45-6-12-18(38)22(42)24(28(50-12)46-5-11-17(37)21(41)23(43)25(44)47-11)51-27-14(30-8(2)34)20(40)16(36)10(4-32)49-27/h9-28,31-32,35-44H,3-6H2,1-2H3,(H,29,33)(H,30,34)/t9-,10-,11-,12-,13-,14-,15-,16-,17-,18-,19-,20-,21+,22+,23+,24+,25-,26-,27+,28+/m1/s1. The zero-order chi connectivity index (χ0) is 37.9. The zero-order valence-electron chi connectivity index (χ0n) is 27.4. The number of carbonyl (C=O) groups is 2. The summed E-state index contributed by atoms with van der Waals surface area (Å²) in [4.78, 5) is 23.7. The molecule has 0 unspecified atom stereocenters. The van der Waals surface area contributed by atoms with Gasteiger partial charge in [0.05, 0.1) is 26.4 Å². The molecule has 0 saturated carbocycles. The maximum atomic E-state index is 11.9. The molecule has 51 heavy (non-hydrogen) atoms. The van der Waals surface area contributed by atoms with Crippen LogP contribution in [0.3, 0.4) is 0 Å². The van der Waals surface area contributed by atoms with Gasteiger partial charge in [-0.2, -0.15) is 0 Å². The molecule has 4 heterocycles. The van der Waals surface area contributed by atoms with Crippen molar-refractivity contribution in [3.8, 4) is 0 Å². The molecule has 0 aromatic carbocycles. The van der Waals surface area contributed by atoms with E-state index in [4.69, 9.17) is 33.2 Å². The predicted octanol–water partition coefficient (Wildman–Crippen LogP) is -9.46. The van der Waals surface area contributed by atoms with Crippen molar-refractivity contribution in [1.82, 2.24) is 10.6 Å². The first-order valence-electron chi connectivity index (χ1n) is 16.1. The minimum atomic E-state index is -2.00. The fourth-order valence-corrected chi connectivity index (χ4v) is 6.12. The van der Waals surface area contributed by atoms with Crippen molar-refractivity contribution in [2.24, 2.45) is 0 Å². The first-order chi connectivity index (χ1) is 24.0. The molecule has 23 nitrogen and oxygen atoms in total. The van der Waals surface area contributed by atoms with Gasteiger partial charge in [0.2, 0.25) is 11.8 Å². The van der Waals surface area contributed by atoms with Gasteiger partial charge >= 0.3 is 0 Å². The van der Waals surface area contributed by atoms with Gasteiger partial charge in [0.25, 0.3) is 0 Å². The second kappa shape index (κ2) is 18.0. The molecule has 0 radical (unpaired) electrons. The molecule has 14 N–H and O–H groups in total. The van der Waals surface area contributed by atoms with Crippen molar-refractivity contribution < 1.29 is 104 Å². The highest BCUT2D eigenvalue weighted by atomic mass is 16.8. The molecule has 4 aliphatic rings. The third-order valence-electron chi connectivity index (χ3n) is 8.97. The Bertz CT molecular complexity index is 1140.